The second-order valence-corrected chi connectivity index (χ2v) is 5.06. The highest BCUT2D eigenvalue weighted by molar-refractivity contribution is 8.01. The average molecular weight is 285 g/mol. The molecule has 0 atom stereocenters. The van der Waals surface area contributed by atoms with Crippen LogP contribution >= 0.6 is 23.1 Å². The third kappa shape index (κ3) is 2.52. The lowest BCUT2D eigenvalue weighted by Crippen LogP contribution is -2.12. The fraction of sp³-hybridized carbons (Fsp3) is 0.143. The molecule has 0 saturated carbocycles. The van der Waals surface area contributed by atoms with Gasteiger partial charge in [-0.25, -0.2) is 10.8 Å². The Morgan fingerprint density at radius 1 is 1.56 bits per heavy atom. The number of hydrogen-bond acceptors (Lipinski definition) is 10. The minimum absolute atomic E-state index is 0.116. The zero-order valence-corrected chi connectivity index (χ0v) is 10.7. The Morgan fingerprint density at radius 3 is 2.89 bits per heavy atom. The van der Waals surface area contributed by atoms with Crippen LogP contribution < -0.4 is 11.3 Å². The molecule has 0 aromatic carbocycles. The first-order valence-corrected chi connectivity index (χ1v) is 6.25. The van der Waals surface area contributed by atoms with Gasteiger partial charge in [0.15, 0.2) is 9.37 Å². The van der Waals surface area contributed by atoms with Crippen LogP contribution in [-0.2, 0) is 0 Å². The highest BCUT2D eigenvalue weighted by Crippen LogP contribution is 2.35. The summed E-state index contributed by atoms with van der Waals surface area (Å²) in [5.74, 6) is 5.32. The van der Waals surface area contributed by atoms with E-state index in [4.69, 9.17) is 5.84 Å². The van der Waals surface area contributed by atoms with Crippen molar-refractivity contribution >= 4 is 34.7 Å². The van der Waals surface area contributed by atoms with E-state index in [1.807, 2.05) is 0 Å². The van der Waals surface area contributed by atoms with Gasteiger partial charge >= 0.3 is 5.69 Å². The number of nitrogens with one attached hydrogen (secondary N) is 1. The fourth-order valence-corrected chi connectivity index (χ4v) is 2.72. The summed E-state index contributed by atoms with van der Waals surface area (Å²) in [4.78, 5) is 18.3. The Morgan fingerprint density at radius 2 is 2.33 bits per heavy atom. The highest BCUT2D eigenvalue weighted by Gasteiger charge is 2.23. The Balaban J connectivity index is 2.48. The third-order valence-electron chi connectivity index (χ3n) is 1.86. The van der Waals surface area contributed by atoms with Gasteiger partial charge in [0.25, 0.3) is 0 Å². The molecule has 0 unspecified atom stereocenters. The molecule has 9 nitrogen and oxygen atoms in total. The standard InChI is InChI=1S/C7H7N7O2S2/c1-3-4(14(15)16)5(11-6(10-3)12-8)18-7-13-9-2-17-7/h2H,8H2,1H3,(H,10,11,12). The second-order valence-electron chi connectivity index (χ2n) is 2.99. The van der Waals surface area contributed by atoms with Crippen LogP contribution in [0.5, 0.6) is 0 Å². The predicted octanol–water partition coefficient (Wildman–Crippen LogP) is 0.982. The number of aryl methyl sites for hydroxylation is 1. The Hall–Kier alpha value is -1.85. The Kier molecular flexibility index (Phi) is 3.64. The maximum atomic E-state index is 11.0. The molecule has 2 heterocycles. The summed E-state index contributed by atoms with van der Waals surface area (Å²) < 4.78 is 0.555. The lowest BCUT2D eigenvalue weighted by Gasteiger charge is -2.04. The number of nitro groups is 1. The molecule has 0 bridgehead atoms. The lowest BCUT2D eigenvalue weighted by atomic mass is 10.4. The zero-order valence-electron chi connectivity index (χ0n) is 9.02. The molecule has 0 aliphatic heterocycles. The third-order valence-corrected chi connectivity index (χ3v) is 3.62. The van der Waals surface area contributed by atoms with Gasteiger partial charge < -0.3 is 0 Å². The topological polar surface area (TPSA) is 133 Å². The van der Waals surface area contributed by atoms with E-state index < -0.39 is 4.92 Å². The molecule has 3 N–H and O–H groups in total. The Labute approximate surface area is 109 Å². The zero-order chi connectivity index (χ0) is 13.1. The van der Waals surface area contributed by atoms with Crippen LogP contribution in [0.1, 0.15) is 5.69 Å². The number of hydrazine groups is 1. The molecule has 2 aromatic heterocycles. The molecule has 94 valence electrons. The monoisotopic (exact) mass is 285 g/mol. The summed E-state index contributed by atoms with van der Waals surface area (Å²) >= 11 is 2.31. The van der Waals surface area contributed by atoms with E-state index in [-0.39, 0.29) is 22.4 Å². The molecular formula is C7H7N7O2S2. The number of aromatic nitrogens is 4. The van der Waals surface area contributed by atoms with E-state index in [0.717, 1.165) is 11.8 Å². The average Bonchev–Trinajstić information content (AvgIpc) is 2.80. The summed E-state index contributed by atoms with van der Waals surface area (Å²) in [5.41, 5.74) is 3.87. The molecular weight excluding hydrogens is 278 g/mol. The number of nitrogens with zero attached hydrogens (tertiary/aromatic N) is 5. The van der Waals surface area contributed by atoms with Gasteiger partial charge in [0.05, 0.1) is 4.92 Å². The van der Waals surface area contributed by atoms with Crippen molar-refractivity contribution in [3.63, 3.8) is 0 Å². The number of nitrogens with two attached hydrogens (primary N) is 1. The van der Waals surface area contributed by atoms with Gasteiger partial charge in [0.1, 0.15) is 11.2 Å². The summed E-state index contributed by atoms with van der Waals surface area (Å²) in [7, 11) is 0. The molecule has 0 aliphatic carbocycles. The quantitative estimate of drug-likeness (QED) is 0.365. The van der Waals surface area contributed by atoms with Crippen molar-refractivity contribution in [2.24, 2.45) is 5.84 Å². The van der Waals surface area contributed by atoms with Gasteiger partial charge in [-0.05, 0) is 18.7 Å². The first-order chi connectivity index (χ1) is 8.61. The first kappa shape index (κ1) is 12.6. The lowest BCUT2D eigenvalue weighted by molar-refractivity contribution is -0.389. The van der Waals surface area contributed by atoms with Gasteiger partial charge in [0, 0.05) is 0 Å². The van der Waals surface area contributed by atoms with Crippen LogP contribution in [0.4, 0.5) is 11.6 Å². The fourth-order valence-electron chi connectivity index (χ4n) is 1.18. The SMILES string of the molecule is Cc1nc(NN)nc(Sc2nncs2)c1[N+](=O)[O-]. The smallest absolute Gasteiger partial charge is 0.292 e. The van der Waals surface area contributed by atoms with E-state index in [1.54, 1.807) is 0 Å². The molecule has 0 spiro atoms. The van der Waals surface area contributed by atoms with Crippen molar-refractivity contribution in [2.75, 3.05) is 5.43 Å². The van der Waals surface area contributed by atoms with E-state index >= 15 is 0 Å². The van der Waals surface area contributed by atoms with Crippen LogP contribution in [0.2, 0.25) is 0 Å². The number of anilines is 1. The predicted molar refractivity (Wildman–Crippen MR) is 65.3 cm³/mol. The first-order valence-electron chi connectivity index (χ1n) is 4.55. The van der Waals surface area contributed by atoms with Crippen molar-refractivity contribution in [2.45, 2.75) is 16.3 Å². The van der Waals surface area contributed by atoms with E-state index in [1.165, 1.54) is 23.8 Å². The number of nitrogen functional groups attached to an aromatic ring is 1. The van der Waals surface area contributed by atoms with Crippen LogP contribution in [0, 0.1) is 17.0 Å². The van der Waals surface area contributed by atoms with Gasteiger partial charge in [-0.1, -0.05) is 11.3 Å². The molecule has 18 heavy (non-hydrogen) atoms. The van der Waals surface area contributed by atoms with Crippen molar-refractivity contribution in [3.8, 4) is 0 Å². The molecule has 2 aromatic rings. The number of rotatable bonds is 4. The van der Waals surface area contributed by atoms with E-state index in [9.17, 15) is 10.1 Å². The number of hydrogen-bond donors (Lipinski definition) is 2. The molecule has 0 radical (unpaired) electrons. The molecule has 2 rings (SSSR count). The second kappa shape index (κ2) is 5.20. The maximum absolute atomic E-state index is 11.0. The van der Waals surface area contributed by atoms with Crippen molar-refractivity contribution in [3.05, 3.63) is 21.3 Å². The van der Waals surface area contributed by atoms with Crippen LogP contribution in [0.15, 0.2) is 14.9 Å². The van der Waals surface area contributed by atoms with Crippen LogP contribution in [-0.4, -0.2) is 25.1 Å². The minimum atomic E-state index is -0.529. The highest BCUT2D eigenvalue weighted by atomic mass is 32.2. The molecule has 0 fully saturated rings. The summed E-state index contributed by atoms with van der Waals surface area (Å²) in [6.45, 7) is 1.52. The van der Waals surface area contributed by atoms with E-state index in [2.05, 4.69) is 25.6 Å². The van der Waals surface area contributed by atoms with Crippen molar-refractivity contribution in [1.29, 1.82) is 0 Å². The summed E-state index contributed by atoms with van der Waals surface area (Å²) in [6.07, 6.45) is 0. The maximum Gasteiger partial charge on any atom is 0.322 e. The van der Waals surface area contributed by atoms with E-state index in [0.29, 0.717) is 4.34 Å². The van der Waals surface area contributed by atoms with Gasteiger partial charge in [0.2, 0.25) is 5.95 Å². The van der Waals surface area contributed by atoms with Gasteiger partial charge in [-0.3, -0.25) is 15.5 Å². The van der Waals surface area contributed by atoms with Crippen LogP contribution in [0.3, 0.4) is 0 Å². The summed E-state index contributed by atoms with van der Waals surface area (Å²) in [5, 5.41) is 18.6. The van der Waals surface area contributed by atoms with Gasteiger partial charge in [-0.2, -0.15) is 4.98 Å². The molecule has 0 aliphatic rings. The largest absolute Gasteiger partial charge is 0.322 e. The normalized spacial score (nSPS) is 10.3. The Bertz CT molecular complexity index is 573. The van der Waals surface area contributed by atoms with Crippen molar-refractivity contribution in [1.82, 2.24) is 20.2 Å². The molecule has 0 amide bonds. The molecule has 0 saturated heterocycles. The summed E-state index contributed by atoms with van der Waals surface area (Å²) in [6, 6.07) is 0. The van der Waals surface area contributed by atoms with Crippen molar-refractivity contribution < 1.29 is 4.92 Å². The minimum Gasteiger partial charge on any atom is -0.292 e. The molecule has 11 heteroatoms. The van der Waals surface area contributed by atoms with Crippen LogP contribution in [0.25, 0.3) is 0 Å². The van der Waals surface area contributed by atoms with Gasteiger partial charge in [-0.15, -0.1) is 10.2 Å².